The van der Waals surface area contributed by atoms with Gasteiger partial charge in [0.15, 0.2) is 11.5 Å². The highest BCUT2D eigenvalue weighted by molar-refractivity contribution is 6.36. The second kappa shape index (κ2) is 6.45. The van der Waals surface area contributed by atoms with E-state index in [0.717, 1.165) is 16.5 Å². The van der Waals surface area contributed by atoms with Gasteiger partial charge >= 0.3 is 0 Å². The standard InChI is InChI=1S/C12H12ClNO2.C2H6/c1-7-6-14-9-5-11(16-3)10(15-2)4-8(9)12(7)13;1-2/h4-6H,1-3H3;1-2H3. The van der Waals surface area contributed by atoms with Crippen LogP contribution in [0.3, 0.4) is 0 Å². The Bertz CT molecular complexity index is 541. The second-order valence-corrected chi connectivity index (χ2v) is 3.86. The van der Waals surface area contributed by atoms with Crippen molar-refractivity contribution in [1.29, 1.82) is 0 Å². The molecule has 4 heteroatoms. The number of halogens is 1. The first kappa shape index (κ1) is 14.6. The summed E-state index contributed by atoms with van der Waals surface area (Å²) in [5.41, 5.74) is 1.75. The van der Waals surface area contributed by atoms with Gasteiger partial charge in [-0.05, 0) is 18.6 Å². The van der Waals surface area contributed by atoms with Crippen molar-refractivity contribution in [3.63, 3.8) is 0 Å². The molecule has 0 aliphatic rings. The smallest absolute Gasteiger partial charge is 0.162 e. The van der Waals surface area contributed by atoms with Crippen LogP contribution < -0.4 is 9.47 Å². The van der Waals surface area contributed by atoms with Crippen molar-refractivity contribution in [2.45, 2.75) is 20.8 Å². The molecular weight excluding hydrogens is 250 g/mol. The minimum Gasteiger partial charge on any atom is -0.493 e. The second-order valence-electron chi connectivity index (χ2n) is 3.48. The Labute approximate surface area is 113 Å². The predicted octanol–water partition coefficient (Wildman–Crippen LogP) is 4.24. The van der Waals surface area contributed by atoms with Crippen molar-refractivity contribution >= 4 is 22.5 Å². The fourth-order valence-electron chi connectivity index (χ4n) is 1.59. The van der Waals surface area contributed by atoms with E-state index in [1.54, 1.807) is 20.4 Å². The van der Waals surface area contributed by atoms with Gasteiger partial charge in [-0.3, -0.25) is 4.98 Å². The number of ether oxygens (including phenoxy) is 2. The zero-order chi connectivity index (χ0) is 13.7. The molecule has 1 aromatic heterocycles. The summed E-state index contributed by atoms with van der Waals surface area (Å²) in [6.07, 6.45) is 1.75. The molecule has 18 heavy (non-hydrogen) atoms. The molecule has 98 valence electrons. The molecule has 3 nitrogen and oxygen atoms in total. The van der Waals surface area contributed by atoms with Crippen molar-refractivity contribution in [2.75, 3.05) is 14.2 Å². The van der Waals surface area contributed by atoms with Crippen molar-refractivity contribution in [2.24, 2.45) is 0 Å². The van der Waals surface area contributed by atoms with Crippen LogP contribution in [0, 0.1) is 6.92 Å². The molecule has 0 aliphatic heterocycles. The van der Waals surface area contributed by atoms with Crippen LogP contribution in [-0.4, -0.2) is 19.2 Å². The van der Waals surface area contributed by atoms with Crippen molar-refractivity contribution in [3.05, 3.63) is 28.9 Å². The largest absolute Gasteiger partial charge is 0.493 e. The summed E-state index contributed by atoms with van der Waals surface area (Å²) in [5, 5.41) is 1.57. The molecule has 0 amide bonds. The molecule has 2 aromatic rings. The number of fused-ring (bicyclic) bond motifs is 1. The Hall–Kier alpha value is -1.48. The zero-order valence-corrected chi connectivity index (χ0v) is 12.1. The van der Waals surface area contributed by atoms with Crippen LogP contribution in [0.5, 0.6) is 11.5 Å². The van der Waals surface area contributed by atoms with Gasteiger partial charge in [-0.25, -0.2) is 0 Å². The SMILES string of the molecule is CC.COc1cc2ncc(C)c(Cl)c2cc1OC. The number of methoxy groups -OCH3 is 2. The lowest BCUT2D eigenvalue weighted by Gasteiger charge is -2.10. The number of nitrogens with zero attached hydrogens (tertiary/aromatic N) is 1. The van der Waals surface area contributed by atoms with Gasteiger partial charge in [-0.2, -0.15) is 0 Å². The summed E-state index contributed by atoms with van der Waals surface area (Å²) < 4.78 is 10.4. The molecule has 0 fully saturated rings. The number of pyridine rings is 1. The fraction of sp³-hybridized carbons (Fsp3) is 0.357. The first-order valence-corrected chi connectivity index (χ1v) is 6.22. The number of rotatable bonds is 2. The summed E-state index contributed by atoms with van der Waals surface area (Å²) in [4.78, 5) is 4.31. The van der Waals surface area contributed by atoms with Crippen molar-refractivity contribution in [3.8, 4) is 11.5 Å². The predicted molar refractivity (Wildman–Crippen MR) is 75.9 cm³/mol. The Morgan fingerprint density at radius 2 is 1.61 bits per heavy atom. The van der Waals surface area contributed by atoms with E-state index >= 15 is 0 Å². The third kappa shape index (κ3) is 2.67. The van der Waals surface area contributed by atoms with E-state index in [-0.39, 0.29) is 0 Å². The Balaban J connectivity index is 0.000000771. The molecule has 1 heterocycles. The summed E-state index contributed by atoms with van der Waals surface area (Å²) >= 11 is 6.21. The molecule has 0 N–H and O–H groups in total. The summed E-state index contributed by atoms with van der Waals surface area (Å²) in [6, 6.07) is 3.66. The molecule has 0 aliphatic carbocycles. The molecule has 0 atom stereocenters. The number of aryl methyl sites for hydroxylation is 1. The molecule has 0 spiro atoms. The number of hydrogen-bond acceptors (Lipinski definition) is 3. The van der Waals surface area contributed by atoms with Gasteiger partial charge in [0.05, 0.1) is 24.8 Å². The first-order valence-electron chi connectivity index (χ1n) is 5.84. The topological polar surface area (TPSA) is 31.4 Å². The minimum absolute atomic E-state index is 0.655. The minimum atomic E-state index is 0.655. The normalized spacial score (nSPS) is 9.67. The molecule has 0 unspecified atom stereocenters. The van der Waals surface area contributed by atoms with Crippen LogP contribution in [0.25, 0.3) is 10.9 Å². The highest BCUT2D eigenvalue weighted by atomic mass is 35.5. The van der Waals surface area contributed by atoms with E-state index in [9.17, 15) is 0 Å². The highest BCUT2D eigenvalue weighted by Gasteiger charge is 2.10. The maximum absolute atomic E-state index is 6.21. The lowest BCUT2D eigenvalue weighted by atomic mass is 10.1. The van der Waals surface area contributed by atoms with Gasteiger partial charge in [-0.15, -0.1) is 0 Å². The van der Waals surface area contributed by atoms with Gasteiger partial charge in [0, 0.05) is 17.6 Å². The van der Waals surface area contributed by atoms with E-state index in [2.05, 4.69) is 4.98 Å². The van der Waals surface area contributed by atoms with Gasteiger partial charge in [0.25, 0.3) is 0 Å². The van der Waals surface area contributed by atoms with Gasteiger partial charge < -0.3 is 9.47 Å². The van der Waals surface area contributed by atoms with Crippen molar-refractivity contribution in [1.82, 2.24) is 4.98 Å². The number of aromatic nitrogens is 1. The first-order chi connectivity index (χ1) is 8.67. The average Bonchev–Trinajstić information content (AvgIpc) is 2.44. The van der Waals surface area contributed by atoms with Crippen LogP contribution >= 0.6 is 11.6 Å². The van der Waals surface area contributed by atoms with Gasteiger partial charge in [0.2, 0.25) is 0 Å². The third-order valence-electron chi connectivity index (χ3n) is 2.48. The van der Waals surface area contributed by atoms with Gasteiger partial charge in [-0.1, -0.05) is 25.4 Å². The van der Waals surface area contributed by atoms with Crippen LogP contribution in [0.4, 0.5) is 0 Å². The Morgan fingerprint density at radius 1 is 1.06 bits per heavy atom. The summed E-state index contributed by atoms with van der Waals surface area (Å²) in [7, 11) is 3.19. The zero-order valence-electron chi connectivity index (χ0n) is 11.4. The van der Waals surface area contributed by atoms with Crippen LogP contribution in [0.2, 0.25) is 5.02 Å². The van der Waals surface area contributed by atoms with E-state index in [1.807, 2.05) is 32.9 Å². The van der Waals surface area contributed by atoms with Crippen LogP contribution in [-0.2, 0) is 0 Å². The number of benzene rings is 1. The third-order valence-corrected chi connectivity index (χ3v) is 2.98. The molecule has 0 saturated carbocycles. The summed E-state index contributed by atoms with van der Waals surface area (Å²) in [6.45, 7) is 5.92. The lowest BCUT2D eigenvalue weighted by Crippen LogP contribution is -1.92. The monoisotopic (exact) mass is 267 g/mol. The molecule has 2 rings (SSSR count). The molecular formula is C14H18ClNO2. The Morgan fingerprint density at radius 3 is 2.17 bits per heavy atom. The average molecular weight is 268 g/mol. The molecule has 1 aromatic carbocycles. The van der Waals surface area contributed by atoms with Crippen molar-refractivity contribution < 1.29 is 9.47 Å². The quantitative estimate of drug-likeness (QED) is 0.816. The lowest BCUT2D eigenvalue weighted by molar-refractivity contribution is 0.356. The maximum atomic E-state index is 6.21. The fourth-order valence-corrected chi connectivity index (χ4v) is 1.79. The molecule has 0 radical (unpaired) electrons. The van der Waals surface area contributed by atoms with E-state index in [0.29, 0.717) is 16.5 Å². The highest BCUT2D eigenvalue weighted by Crippen LogP contribution is 2.35. The van der Waals surface area contributed by atoms with E-state index < -0.39 is 0 Å². The van der Waals surface area contributed by atoms with Crippen LogP contribution in [0.15, 0.2) is 18.3 Å². The van der Waals surface area contributed by atoms with Gasteiger partial charge in [0.1, 0.15) is 0 Å². The van der Waals surface area contributed by atoms with E-state index in [1.165, 1.54) is 0 Å². The van der Waals surface area contributed by atoms with Crippen LogP contribution in [0.1, 0.15) is 19.4 Å². The molecule has 0 bridgehead atoms. The van der Waals surface area contributed by atoms with E-state index in [4.69, 9.17) is 21.1 Å². The number of hydrogen-bond donors (Lipinski definition) is 0. The molecule has 0 saturated heterocycles. The maximum Gasteiger partial charge on any atom is 0.162 e. The Kier molecular flexibility index (Phi) is 5.23. The summed E-state index contributed by atoms with van der Waals surface area (Å²) in [5.74, 6) is 1.31.